The lowest BCUT2D eigenvalue weighted by atomic mass is 9.98. The smallest absolute Gasteiger partial charge is 0.0572 e. The second-order valence-corrected chi connectivity index (χ2v) is 7.70. The van der Waals surface area contributed by atoms with Crippen molar-refractivity contribution in [2.24, 2.45) is 5.92 Å². The standard InChI is InChI=1S/C17H29N3S/c1-14-3-8-19(9-4-14)13-16(17-15(2)5-12-21-17)20-10-6-18-7-11-20/h5,12,14,16,18H,3-4,6-11,13H2,1-2H3. The van der Waals surface area contributed by atoms with Crippen molar-refractivity contribution in [1.82, 2.24) is 15.1 Å². The van der Waals surface area contributed by atoms with E-state index in [1.54, 1.807) is 4.88 Å². The molecule has 1 N–H and O–H groups in total. The Kier molecular flexibility index (Phi) is 5.33. The fourth-order valence-corrected chi connectivity index (χ4v) is 4.63. The van der Waals surface area contributed by atoms with E-state index in [4.69, 9.17) is 0 Å². The molecule has 3 rings (SSSR count). The molecule has 1 atom stereocenters. The van der Waals surface area contributed by atoms with Gasteiger partial charge in [-0.2, -0.15) is 0 Å². The van der Waals surface area contributed by atoms with Gasteiger partial charge in [0.25, 0.3) is 0 Å². The van der Waals surface area contributed by atoms with Crippen molar-refractivity contribution in [3.8, 4) is 0 Å². The van der Waals surface area contributed by atoms with Gasteiger partial charge in [-0.15, -0.1) is 11.3 Å². The molecule has 2 aliphatic heterocycles. The molecule has 1 aromatic heterocycles. The molecule has 118 valence electrons. The van der Waals surface area contributed by atoms with Crippen LogP contribution in [0.4, 0.5) is 0 Å². The zero-order valence-corrected chi connectivity index (χ0v) is 14.3. The molecule has 0 amide bonds. The Hall–Kier alpha value is -0.420. The van der Waals surface area contributed by atoms with Gasteiger partial charge in [-0.1, -0.05) is 6.92 Å². The van der Waals surface area contributed by atoms with Gasteiger partial charge in [0.15, 0.2) is 0 Å². The average molecular weight is 308 g/mol. The molecule has 2 saturated heterocycles. The monoisotopic (exact) mass is 307 g/mol. The van der Waals surface area contributed by atoms with Gasteiger partial charge in [0, 0.05) is 37.6 Å². The first-order valence-corrected chi connectivity index (χ1v) is 9.33. The van der Waals surface area contributed by atoms with E-state index in [0.29, 0.717) is 6.04 Å². The minimum Gasteiger partial charge on any atom is -0.314 e. The van der Waals surface area contributed by atoms with E-state index < -0.39 is 0 Å². The first kappa shape index (κ1) is 15.5. The first-order valence-electron chi connectivity index (χ1n) is 8.45. The van der Waals surface area contributed by atoms with Crippen LogP contribution in [0.5, 0.6) is 0 Å². The van der Waals surface area contributed by atoms with Crippen molar-refractivity contribution < 1.29 is 0 Å². The number of aryl methyl sites for hydroxylation is 1. The highest BCUT2D eigenvalue weighted by Gasteiger charge is 2.27. The lowest BCUT2D eigenvalue weighted by molar-refractivity contribution is 0.105. The van der Waals surface area contributed by atoms with E-state index in [2.05, 4.69) is 40.4 Å². The molecular weight excluding hydrogens is 278 g/mol. The van der Waals surface area contributed by atoms with Crippen LogP contribution >= 0.6 is 11.3 Å². The number of piperidine rings is 1. The normalized spacial score (nSPS) is 24.3. The Morgan fingerprint density at radius 2 is 1.95 bits per heavy atom. The molecule has 21 heavy (non-hydrogen) atoms. The molecule has 4 heteroatoms. The summed E-state index contributed by atoms with van der Waals surface area (Å²) in [6, 6.07) is 2.88. The zero-order chi connectivity index (χ0) is 14.7. The SMILES string of the molecule is Cc1ccsc1C(CN1CCC(C)CC1)N1CCNCC1. The third kappa shape index (κ3) is 3.86. The molecule has 0 aliphatic carbocycles. The van der Waals surface area contributed by atoms with E-state index >= 15 is 0 Å². The molecule has 0 saturated carbocycles. The summed E-state index contributed by atoms with van der Waals surface area (Å²) < 4.78 is 0. The van der Waals surface area contributed by atoms with Crippen LogP contribution in [0.3, 0.4) is 0 Å². The predicted molar refractivity (Wildman–Crippen MR) is 91.1 cm³/mol. The molecular formula is C17H29N3S. The molecule has 2 fully saturated rings. The van der Waals surface area contributed by atoms with Crippen molar-refractivity contribution in [2.75, 3.05) is 45.8 Å². The number of hydrogen-bond donors (Lipinski definition) is 1. The highest BCUT2D eigenvalue weighted by molar-refractivity contribution is 7.10. The van der Waals surface area contributed by atoms with Crippen molar-refractivity contribution in [2.45, 2.75) is 32.7 Å². The van der Waals surface area contributed by atoms with E-state index in [9.17, 15) is 0 Å². The second-order valence-electron chi connectivity index (χ2n) is 6.75. The number of thiophene rings is 1. The van der Waals surface area contributed by atoms with Crippen LogP contribution in [0.2, 0.25) is 0 Å². The van der Waals surface area contributed by atoms with Crippen LogP contribution in [-0.4, -0.2) is 55.6 Å². The van der Waals surface area contributed by atoms with Gasteiger partial charge < -0.3 is 10.2 Å². The second kappa shape index (κ2) is 7.23. The Morgan fingerprint density at radius 1 is 1.24 bits per heavy atom. The lowest BCUT2D eigenvalue weighted by Gasteiger charge is -2.39. The fraction of sp³-hybridized carbons (Fsp3) is 0.765. The topological polar surface area (TPSA) is 18.5 Å². The van der Waals surface area contributed by atoms with Gasteiger partial charge in [0.1, 0.15) is 0 Å². The molecule has 0 radical (unpaired) electrons. The van der Waals surface area contributed by atoms with Gasteiger partial charge >= 0.3 is 0 Å². The highest BCUT2D eigenvalue weighted by atomic mass is 32.1. The predicted octanol–water partition coefficient (Wildman–Crippen LogP) is 2.73. The summed E-state index contributed by atoms with van der Waals surface area (Å²) in [5.74, 6) is 0.919. The number of nitrogens with one attached hydrogen (secondary N) is 1. The minimum atomic E-state index is 0.598. The van der Waals surface area contributed by atoms with Gasteiger partial charge in [-0.05, 0) is 55.8 Å². The molecule has 0 bridgehead atoms. The van der Waals surface area contributed by atoms with Crippen LogP contribution < -0.4 is 5.32 Å². The van der Waals surface area contributed by atoms with Crippen molar-refractivity contribution >= 4 is 11.3 Å². The Labute approximate surface area is 133 Å². The van der Waals surface area contributed by atoms with Gasteiger partial charge in [0.05, 0.1) is 6.04 Å². The summed E-state index contributed by atoms with van der Waals surface area (Å²) >= 11 is 1.95. The maximum atomic E-state index is 3.49. The Balaban J connectivity index is 1.71. The fourth-order valence-electron chi connectivity index (χ4n) is 3.57. The molecule has 1 unspecified atom stereocenters. The third-order valence-corrected chi connectivity index (χ3v) is 6.22. The first-order chi connectivity index (χ1) is 10.2. The molecule has 3 heterocycles. The van der Waals surface area contributed by atoms with Crippen LogP contribution in [-0.2, 0) is 0 Å². The molecule has 0 aromatic carbocycles. The summed E-state index contributed by atoms with van der Waals surface area (Å²) in [6.07, 6.45) is 2.75. The maximum absolute atomic E-state index is 3.49. The summed E-state index contributed by atoms with van der Waals surface area (Å²) in [7, 11) is 0. The summed E-state index contributed by atoms with van der Waals surface area (Å²) in [4.78, 5) is 7.00. The third-order valence-electron chi connectivity index (χ3n) is 5.10. The number of rotatable bonds is 4. The Morgan fingerprint density at radius 3 is 2.57 bits per heavy atom. The highest BCUT2D eigenvalue weighted by Crippen LogP contribution is 2.31. The molecule has 3 nitrogen and oxygen atoms in total. The largest absolute Gasteiger partial charge is 0.314 e. The van der Waals surface area contributed by atoms with E-state index in [1.807, 2.05) is 11.3 Å². The molecule has 2 aliphatic rings. The van der Waals surface area contributed by atoms with E-state index in [1.165, 1.54) is 51.1 Å². The van der Waals surface area contributed by atoms with Crippen LogP contribution in [0.25, 0.3) is 0 Å². The van der Waals surface area contributed by atoms with Crippen LogP contribution in [0.15, 0.2) is 11.4 Å². The average Bonchev–Trinajstić information content (AvgIpc) is 2.93. The maximum Gasteiger partial charge on any atom is 0.0572 e. The van der Waals surface area contributed by atoms with Crippen molar-refractivity contribution in [3.05, 3.63) is 21.9 Å². The van der Waals surface area contributed by atoms with Crippen molar-refractivity contribution in [3.63, 3.8) is 0 Å². The number of piperazine rings is 1. The Bertz CT molecular complexity index is 431. The summed E-state index contributed by atoms with van der Waals surface area (Å²) in [6.45, 7) is 13.1. The molecule has 0 spiro atoms. The van der Waals surface area contributed by atoms with Gasteiger partial charge in [-0.3, -0.25) is 4.90 Å². The van der Waals surface area contributed by atoms with Gasteiger partial charge in [-0.25, -0.2) is 0 Å². The molecule has 1 aromatic rings. The summed E-state index contributed by atoms with van der Waals surface area (Å²) in [5.41, 5.74) is 1.48. The number of hydrogen-bond acceptors (Lipinski definition) is 4. The minimum absolute atomic E-state index is 0.598. The number of likely N-dealkylation sites (tertiary alicyclic amines) is 1. The van der Waals surface area contributed by atoms with Crippen LogP contribution in [0.1, 0.15) is 36.2 Å². The van der Waals surface area contributed by atoms with Crippen LogP contribution in [0, 0.1) is 12.8 Å². The summed E-state index contributed by atoms with van der Waals surface area (Å²) in [5, 5.41) is 5.75. The zero-order valence-electron chi connectivity index (χ0n) is 13.5. The number of nitrogens with zero attached hydrogens (tertiary/aromatic N) is 2. The quantitative estimate of drug-likeness (QED) is 0.923. The van der Waals surface area contributed by atoms with Crippen molar-refractivity contribution in [1.29, 1.82) is 0 Å². The van der Waals surface area contributed by atoms with Gasteiger partial charge in [0.2, 0.25) is 0 Å². The lowest BCUT2D eigenvalue weighted by Crippen LogP contribution is -2.48. The van der Waals surface area contributed by atoms with E-state index in [-0.39, 0.29) is 0 Å². The van der Waals surface area contributed by atoms with E-state index in [0.717, 1.165) is 19.0 Å².